The van der Waals surface area contributed by atoms with Gasteiger partial charge < -0.3 is 14.4 Å². The van der Waals surface area contributed by atoms with E-state index in [0.717, 1.165) is 56.7 Å². The van der Waals surface area contributed by atoms with E-state index in [4.69, 9.17) is 0 Å². The van der Waals surface area contributed by atoms with E-state index in [1.54, 1.807) is 0 Å². The molecule has 0 atom stereocenters. The summed E-state index contributed by atoms with van der Waals surface area (Å²) in [5, 5.41) is 3.00. The van der Waals surface area contributed by atoms with Gasteiger partial charge in [-0.25, -0.2) is 4.98 Å². The summed E-state index contributed by atoms with van der Waals surface area (Å²) < 4.78 is 2.13. The first-order valence-corrected chi connectivity index (χ1v) is 9.93. The van der Waals surface area contributed by atoms with Crippen LogP contribution in [0.15, 0.2) is 54.6 Å². The minimum absolute atomic E-state index is 0.128. The Labute approximate surface area is 165 Å². The predicted octanol–water partition coefficient (Wildman–Crippen LogP) is 2.93. The first-order valence-electron chi connectivity index (χ1n) is 9.93. The van der Waals surface area contributed by atoms with Crippen LogP contribution in [0.1, 0.15) is 16.8 Å². The average molecular weight is 377 g/mol. The quantitative estimate of drug-likeness (QED) is 0.718. The number of amides is 1. The highest BCUT2D eigenvalue weighted by Crippen LogP contribution is 2.21. The Balaban J connectivity index is 1.48. The average Bonchev–Trinajstić information content (AvgIpc) is 3.07. The van der Waals surface area contributed by atoms with Gasteiger partial charge in [0.1, 0.15) is 0 Å². The van der Waals surface area contributed by atoms with E-state index in [-0.39, 0.29) is 5.91 Å². The van der Waals surface area contributed by atoms with E-state index >= 15 is 0 Å². The maximum atomic E-state index is 12.6. The van der Waals surface area contributed by atoms with Crippen molar-refractivity contribution in [1.29, 1.82) is 0 Å². The Hall–Kier alpha value is -2.70. The monoisotopic (exact) mass is 377 g/mol. The topological polar surface area (TPSA) is 53.4 Å². The number of hydrogen-bond donors (Lipinski definition) is 1. The molecule has 1 aromatic heterocycles. The number of nitrogens with zero attached hydrogens (tertiary/aromatic N) is 4. The number of nitrogens with one attached hydrogen (secondary N) is 1. The normalized spacial score (nSPS) is 15.8. The molecule has 1 N–H and O–H groups in total. The van der Waals surface area contributed by atoms with E-state index in [1.807, 2.05) is 48.5 Å². The summed E-state index contributed by atoms with van der Waals surface area (Å²) in [6.45, 7) is 6.40. The molecule has 0 radical (unpaired) electrons. The largest absolute Gasteiger partial charge is 0.310 e. The number of likely N-dealkylation sites (N-methyl/N-ethyl adjacent to an activating group) is 1. The van der Waals surface area contributed by atoms with Crippen molar-refractivity contribution in [2.45, 2.75) is 13.0 Å². The van der Waals surface area contributed by atoms with Crippen LogP contribution in [0.25, 0.3) is 11.0 Å². The van der Waals surface area contributed by atoms with Gasteiger partial charge in [0.15, 0.2) is 0 Å². The number of benzene rings is 2. The zero-order valence-electron chi connectivity index (χ0n) is 16.3. The second-order valence-electron chi connectivity index (χ2n) is 7.39. The van der Waals surface area contributed by atoms with Crippen molar-refractivity contribution in [3.8, 4) is 0 Å². The summed E-state index contributed by atoms with van der Waals surface area (Å²) in [7, 11) is 2.18. The van der Waals surface area contributed by atoms with Gasteiger partial charge in [-0.3, -0.25) is 10.1 Å². The first kappa shape index (κ1) is 18.7. The Kier molecular flexibility index (Phi) is 5.69. The molecular weight excluding hydrogens is 350 g/mol. The Morgan fingerprint density at radius 2 is 1.68 bits per heavy atom. The molecule has 28 heavy (non-hydrogen) atoms. The number of carbonyl (C=O) groups is 1. The third-order valence-electron chi connectivity index (χ3n) is 5.37. The molecule has 3 aromatic rings. The molecular formula is C22H27N5O. The van der Waals surface area contributed by atoms with Crippen LogP contribution in [0.5, 0.6) is 0 Å². The van der Waals surface area contributed by atoms with Crippen LogP contribution in [0.3, 0.4) is 0 Å². The van der Waals surface area contributed by atoms with Gasteiger partial charge >= 0.3 is 0 Å². The van der Waals surface area contributed by atoms with E-state index < -0.39 is 0 Å². The summed E-state index contributed by atoms with van der Waals surface area (Å²) in [5.74, 6) is 0.490. The minimum atomic E-state index is -0.128. The van der Waals surface area contributed by atoms with Crippen LogP contribution in [-0.2, 0) is 6.54 Å². The number of para-hydroxylation sites is 2. The molecule has 0 unspecified atom stereocenters. The highest BCUT2D eigenvalue weighted by molar-refractivity contribution is 6.04. The van der Waals surface area contributed by atoms with Gasteiger partial charge in [0, 0.05) is 38.3 Å². The van der Waals surface area contributed by atoms with Crippen molar-refractivity contribution in [2.24, 2.45) is 0 Å². The predicted molar refractivity (Wildman–Crippen MR) is 113 cm³/mol. The lowest BCUT2D eigenvalue weighted by Gasteiger charge is -2.32. The van der Waals surface area contributed by atoms with Crippen molar-refractivity contribution >= 4 is 22.9 Å². The maximum Gasteiger partial charge on any atom is 0.257 e. The number of imidazole rings is 1. The van der Waals surface area contributed by atoms with Crippen molar-refractivity contribution in [3.63, 3.8) is 0 Å². The Bertz CT molecular complexity index is 929. The number of aryl methyl sites for hydroxylation is 1. The molecule has 2 aromatic carbocycles. The van der Waals surface area contributed by atoms with Gasteiger partial charge in [0.05, 0.1) is 11.0 Å². The zero-order chi connectivity index (χ0) is 19.3. The third-order valence-corrected chi connectivity index (χ3v) is 5.37. The second kappa shape index (κ2) is 8.54. The summed E-state index contributed by atoms with van der Waals surface area (Å²) in [6.07, 6.45) is 1.03. The third kappa shape index (κ3) is 4.24. The van der Waals surface area contributed by atoms with Crippen LogP contribution in [0, 0.1) is 0 Å². The van der Waals surface area contributed by atoms with E-state index in [0.29, 0.717) is 11.5 Å². The molecule has 6 nitrogen and oxygen atoms in total. The van der Waals surface area contributed by atoms with Crippen LogP contribution in [-0.4, -0.2) is 65.0 Å². The zero-order valence-corrected chi connectivity index (χ0v) is 16.3. The minimum Gasteiger partial charge on any atom is -0.310 e. The highest BCUT2D eigenvalue weighted by atomic mass is 16.1. The molecule has 1 aliphatic heterocycles. The smallest absolute Gasteiger partial charge is 0.257 e. The van der Waals surface area contributed by atoms with Gasteiger partial charge in [-0.15, -0.1) is 0 Å². The number of piperazine rings is 1. The van der Waals surface area contributed by atoms with Crippen LogP contribution in [0.4, 0.5) is 5.95 Å². The summed E-state index contributed by atoms with van der Waals surface area (Å²) >= 11 is 0. The molecule has 1 saturated heterocycles. The fourth-order valence-corrected chi connectivity index (χ4v) is 3.68. The Morgan fingerprint density at radius 3 is 2.46 bits per heavy atom. The van der Waals surface area contributed by atoms with Gasteiger partial charge in [0.25, 0.3) is 5.91 Å². The van der Waals surface area contributed by atoms with Crippen molar-refractivity contribution < 1.29 is 4.79 Å². The lowest BCUT2D eigenvalue weighted by atomic mass is 10.2. The lowest BCUT2D eigenvalue weighted by molar-refractivity contribution is 0.102. The van der Waals surface area contributed by atoms with Crippen molar-refractivity contribution in [3.05, 3.63) is 60.2 Å². The van der Waals surface area contributed by atoms with Gasteiger partial charge in [-0.05, 0) is 44.3 Å². The number of carbonyl (C=O) groups excluding carboxylic acids is 1. The molecule has 1 aliphatic rings. The van der Waals surface area contributed by atoms with Crippen LogP contribution in [0.2, 0.25) is 0 Å². The summed E-state index contributed by atoms with van der Waals surface area (Å²) in [4.78, 5) is 22.2. The van der Waals surface area contributed by atoms with Crippen molar-refractivity contribution in [2.75, 3.05) is 45.1 Å². The molecule has 0 bridgehead atoms. The highest BCUT2D eigenvalue weighted by Gasteiger charge is 2.16. The number of anilines is 1. The van der Waals surface area contributed by atoms with E-state index in [9.17, 15) is 4.79 Å². The Morgan fingerprint density at radius 1 is 0.964 bits per heavy atom. The van der Waals surface area contributed by atoms with Crippen LogP contribution >= 0.6 is 0 Å². The molecule has 2 heterocycles. The van der Waals surface area contributed by atoms with Gasteiger partial charge in [-0.1, -0.05) is 30.3 Å². The number of rotatable bonds is 6. The molecule has 1 fully saturated rings. The molecule has 0 saturated carbocycles. The van der Waals surface area contributed by atoms with E-state index in [1.165, 1.54) is 0 Å². The summed E-state index contributed by atoms with van der Waals surface area (Å²) in [5.41, 5.74) is 2.60. The standard InChI is InChI=1S/C22H27N5O/c1-25-14-16-26(17-15-25)12-7-13-27-20-11-6-5-10-19(20)23-22(27)24-21(28)18-8-3-2-4-9-18/h2-6,8-11H,7,12-17H2,1H3,(H,23,24,28). The molecule has 6 heteroatoms. The van der Waals surface area contributed by atoms with Gasteiger partial charge in [0.2, 0.25) is 5.95 Å². The molecule has 4 rings (SSSR count). The maximum absolute atomic E-state index is 12.6. The first-order chi connectivity index (χ1) is 13.7. The lowest BCUT2D eigenvalue weighted by Crippen LogP contribution is -2.44. The number of fused-ring (bicyclic) bond motifs is 1. The molecule has 1 amide bonds. The molecule has 0 spiro atoms. The number of aromatic nitrogens is 2. The van der Waals surface area contributed by atoms with Crippen LogP contribution < -0.4 is 5.32 Å². The van der Waals surface area contributed by atoms with Gasteiger partial charge in [-0.2, -0.15) is 0 Å². The second-order valence-corrected chi connectivity index (χ2v) is 7.39. The fourth-order valence-electron chi connectivity index (χ4n) is 3.68. The molecule has 146 valence electrons. The fraction of sp³-hybridized carbons (Fsp3) is 0.364. The number of hydrogen-bond acceptors (Lipinski definition) is 4. The van der Waals surface area contributed by atoms with E-state index in [2.05, 4.69) is 37.8 Å². The van der Waals surface area contributed by atoms with Crippen molar-refractivity contribution in [1.82, 2.24) is 19.4 Å². The summed E-state index contributed by atoms with van der Waals surface area (Å²) in [6, 6.07) is 17.3. The molecule has 0 aliphatic carbocycles. The SMILES string of the molecule is CN1CCN(CCCn2c(NC(=O)c3ccccc3)nc3ccccc32)CC1.